The highest BCUT2D eigenvalue weighted by Gasteiger charge is 2.54. The van der Waals surface area contributed by atoms with E-state index in [9.17, 15) is 4.39 Å². The number of rotatable bonds is 2. The molecule has 3 heteroatoms. The molecule has 0 radical (unpaired) electrons. The standard InChI is InChI=1S/C22H34FNO/c1-25-21-13-12-18(15-20(21)23)22-16-19(22)11-9-7-5-3-2-4-6-8-10-14-24-17-22/h12-13,15,19,24H,2-11,14,16-17H2,1H3. The Balaban J connectivity index is 1.67. The van der Waals surface area contributed by atoms with Gasteiger partial charge in [0.05, 0.1) is 7.11 Å². The van der Waals surface area contributed by atoms with E-state index in [2.05, 4.69) is 11.4 Å². The van der Waals surface area contributed by atoms with Crippen LogP contribution in [0.25, 0.3) is 0 Å². The van der Waals surface area contributed by atoms with Gasteiger partial charge in [-0.3, -0.25) is 0 Å². The molecular formula is C22H34FNO. The van der Waals surface area contributed by atoms with E-state index in [0.717, 1.165) is 18.7 Å². The van der Waals surface area contributed by atoms with Gasteiger partial charge in [0.1, 0.15) is 0 Å². The zero-order chi connectivity index (χ0) is 17.5. The van der Waals surface area contributed by atoms with Gasteiger partial charge >= 0.3 is 0 Å². The number of methoxy groups -OCH3 is 1. The van der Waals surface area contributed by atoms with Crippen molar-refractivity contribution in [3.63, 3.8) is 0 Å². The van der Waals surface area contributed by atoms with Crippen LogP contribution in [0.2, 0.25) is 0 Å². The van der Waals surface area contributed by atoms with Crippen molar-refractivity contribution in [3.05, 3.63) is 29.6 Å². The lowest BCUT2D eigenvalue weighted by Gasteiger charge is -2.20. The third kappa shape index (κ3) is 4.75. The summed E-state index contributed by atoms with van der Waals surface area (Å²) in [7, 11) is 1.53. The second-order valence-electron chi connectivity index (χ2n) is 8.05. The normalized spacial score (nSPS) is 29.1. The van der Waals surface area contributed by atoms with Crippen molar-refractivity contribution < 1.29 is 9.13 Å². The van der Waals surface area contributed by atoms with Crippen molar-refractivity contribution in [3.8, 4) is 5.75 Å². The Morgan fingerprint density at radius 2 is 1.68 bits per heavy atom. The minimum absolute atomic E-state index is 0.146. The number of benzene rings is 1. The van der Waals surface area contributed by atoms with Gasteiger partial charge in [-0.15, -0.1) is 0 Å². The highest BCUT2D eigenvalue weighted by molar-refractivity contribution is 5.39. The van der Waals surface area contributed by atoms with Crippen LogP contribution in [0.15, 0.2) is 18.2 Å². The molecule has 2 aliphatic rings. The van der Waals surface area contributed by atoms with E-state index in [4.69, 9.17) is 4.74 Å². The van der Waals surface area contributed by atoms with Gasteiger partial charge in [-0.05, 0) is 49.4 Å². The highest BCUT2D eigenvalue weighted by atomic mass is 19.1. The summed E-state index contributed by atoms with van der Waals surface area (Å²) >= 11 is 0. The number of nitrogens with one attached hydrogen (secondary N) is 1. The summed E-state index contributed by atoms with van der Waals surface area (Å²) in [6.07, 6.45) is 14.7. The minimum Gasteiger partial charge on any atom is -0.494 e. The van der Waals surface area contributed by atoms with Crippen molar-refractivity contribution >= 4 is 0 Å². The fraction of sp³-hybridized carbons (Fsp3) is 0.727. The molecule has 25 heavy (non-hydrogen) atoms. The third-order valence-corrected chi connectivity index (χ3v) is 6.31. The summed E-state index contributed by atoms with van der Waals surface area (Å²) in [5.41, 5.74) is 1.31. The van der Waals surface area contributed by atoms with Gasteiger partial charge < -0.3 is 10.1 Å². The molecule has 0 spiro atoms. The van der Waals surface area contributed by atoms with E-state index in [1.807, 2.05) is 0 Å². The molecule has 140 valence electrons. The molecule has 1 heterocycles. The Labute approximate surface area is 152 Å². The lowest BCUT2D eigenvalue weighted by atomic mass is 9.91. The van der Waals surface area contributed by atoms with Gasteiger partial charge in [0, 0.05) is 12.0 Å². The van der Waals surface area contributed by atoms with Crippen LogP contribution in [0.3, 0.4) is 0 Å². The zero-order valence-electron chi connectivity index (χ0n) is 15.8. The highest BCUT2D eigenvalue weighted by Crippen LogP contribution is 2.56. The van der Waals surface area contributed by atoms with Crippen molar-refractivity contribution in [1.82, 2.24) is 5.32 Å². The smallest absolute Gasteiger partial charge is 0.165 e. The fourth-order valence-corrected chi connectivity index (χ4v) is 4.60. The molecule has 1 saturated heterocycles. The van der Waals surface area contributed by atoms with E-state index in [-0.39, 0.29) is 11.2 Å². The van der Waals surface area contributed by atoms with Crippen LogP contribution in [0.5, 0.6) is 5.75 Å². The maximum absolute atomic E-state index is 14.2. The third-order valence-electron chi connectivity index (χ3n) is 6.31. The van der Waals surface area contributed by atoms with Gasteiger partial charge in [0.15, 0.2) is 11.6 Å². The molecule has 1 aromatic rings. The van der Waals surface area contributed by atoms with E-state index >= 15 is 0 Å². The lowest BCUT2D eigenvalue weighted by Crippen LogP contribution is -2.29. The molecule has 2 nitrogen and oxygen atoms in total. The summed E-state index contributed by atoms with van der Waals surface area (Å²) in [4.78, 5) is 0. The van der Waals surface area contributed by atoms with Crippen LogP contribution in [0.4, 0.5) is 4.39 Å². The van der Waals surface area contributed by atoms with E-state index < -0.39 is 0 Å². The van der Waals surface area contributed by atoms with Crippen molar-refractivity contribution in [2.45, 2.75) is 76.0 Å². The maximum Gasteiger partial charge on any atom is 0.165 e. The van der Waals surface area contributed by atoms with Crippen LogP contribution in [-0.2, 0) is 5.41 Å². The molecule has 1 N–H and O–H groups in total. The molecule has 0 bridgehead atoms. The number of ether oxygens (including phenoxy) is 1. The molecule has 1 aliphatic heterocycles. The molecule has 0 amide bonds. The van der Waals surface area contributed by atoms with Crippen molar-refractivity contribution in [2.24, 2.45) is 5.92 Å². The predicted molar refractivity (Wildman–Crippen MR) is 102 cm³/mol. The first-order valence-corrected chi connectivity index (χ1v) is 10.3. The second-order valence-corrected chi connectivity index (χ2v) is 8.05. The molecule has 2 unspecified atom stereocenters. The SMILES string of the molecule is COc1ccc(C23CNCCCCCCCCCCCC2C3)cc1F. The topological polar surface area (TPSA) is 21.3 Å². The Kier molecular flexibility index (Phi) is 6.75. The average molecular weight is 348 g/mol. The Bertz CT molecular complexity index is 547. The van der Waals surface area contributed by atoms with Gasteiger partial charge in [-0.2, -0.15) is 0 Å². The van der Waals surface area contributed by atoms with Crippen LogP contribution in [-0.4, -0.2) is 20.2 Å². The molecule has 2 atom stereocenters. The van der Waals surface area contributed by atoms with Gasteiger partial charge in [-0.1, -0.05) is 57.4 Å². The molecule has 1 aromatic carbocycles. The first-order chi connectivity index (χ1) is 12.3. The van der Waals surface area contributed by atoms with Crippen molar-refractivity contribution in [1.29, 1.82) is 0 Å². The first-order valence-electron chi connectivity index (χ1n) is 10.3. The quantitative estimate of drug-likeness (QED) is 0.752. The molecule has 1 saturated carbocycles. The average Bonchev–Trinajstić information content (AvgIpc) is 3.32. The summed E-state index contributed by atoms with van der Waals surface area (Å²) in [6, 6.07) is 5.59. The maximum atomic E-state index is 14.2. The van der Waals surface area contributed by atoms with E-state index in [1.165, 1.54) is 77.7 Å². The van der Waals surface area contributed by atoms with Crippen LogP contribution < -0.4 is 10.1 Å². The van der Waals surface area contributed by atoms with Crippen molar-refractivity contribution in [2.75, 3.05) is 20.2 Å². The van der Waals surface area contributed by atoms with E-state index in [0.29, 0.717) is 11.7 Å². The molecule has 0 aromatic heterocycles. The first kappa shape index (κ1) is 18.7. The number of hydrogen-bond donors (Lipinski definition) is 1. The summed E-state index contributed by atoms with van der Waals surface area (Å²) in [6.45, 7) is 2.08. The zero-order valence-corrected chi connectivity index (χ0v) is 15.8. The van der Waals surface area contributed by atoms with Gasteiger partial charge in [-0.25, -0.2) is 4.39 Å². The monoisotopic (exact) mass is 347 g/mol. The summed E-state index contributed by atoms with van der Waals surface area (Å²) in [5.74, 6) is 0.830. The van der Waals surface area contributed by atoms with E-state index in [1.54, 1.807) is 12.1 Å². The van der Waals surface area contributed by atoms with Crippen LogP contribution in [0.1, 0.15) is 76.2 Å². The Morgan fingerprint density at radius 3 is 2.36 bits per heavy atom. The minimum atomic E-state index is -0.226. The lowest BCUT2D eigenvalue weighted by molar-refractivity contribution is 0.385. The fourth-order valence-electron chi connectivity index (χ4n) is 4.60. The molecule has 2 fully saturated rings. The summed E-state index contributed by atoms with van der Waals surface area (Å²) < 4.78 is 19.3. The largest absolute Gasteiger partial charge is 0.494 e. The number of halogens is 1. The molecule has 3 rings (SSSR count). The number of fused-ring (bicyclic) bond motifs is 1. The van der Waals surface area contributed by atoms with Gasteiger partial charge in [0.2, 0.25) is 0 Å². The van der Waals surface area contributed by atoms with Crippen LogP contribution >= 0.6 is 0 Å². The van der Waals surface area contributed by atoms with Crippen LogP contribution in [0, 0.1) is 11.7 Å². The Hall–Kier alpha value is -1.09. The molecular weight excluding hydrogens is 313 g/mol. The number of hydrogen-bond acceptors (Lipinski definition) is 2. The summed E-state index contributed by atoms with van der Waals surface area (Å²) in [5, 5.41) is 3.68. The van der Waals surface area contributed by atoms with Gasteiger partial charge in [0.25, 0.3) is 0 Å². The molecule has 1 aliphatic carbocycles. The predicted octanol–water partition coefficient (Wildman–Crippen LogP) is 5.60. The Morgan fingerprint density at radius 1 is 1.00 bits per heavy atom. The second kappa shape index (κ2) is 9.02.